The smallest absolute Gasteiger partial charge is 0.0810 e. The lowest BCUT2D eigenvalue weighted by atomic mass is 9.83. The van der Waals surface area contributed by atoms with Crippen molar-refractivity contribution in [3.05, 3.63) is 29.6 Å². The number of rotatable bonds is 3. The van der Waals surface area contributed by atoms with Crippen LogP contribution in [0.25, 0.3) is 0 Å². The highest BCUT2D eigenvalue weighted by molar-refractivity contribution is 5.21. The minimum absolute atomic E-state index is 0.312. The topological polar surface area (TPSA) is 33.1 Å². The molecule has 2 bridgehead atoms. The highest BCUT2D eigenvalue weighted by Gasteiger charge is 2.40. The van der Waals surface area contributed by atoms with Crippen molar-refractivity contribution in [2.75, 3.05) is 0 Å². The van der Waals surface area contributed by atoms with Gasteiger partial charge in [0, 0.05) is 17.5 Å². The van der Waals surface area contributed by atoms with Gasteiger partial charge in [-0.1, -0.05) is 12.5 Å². The van der Waals surface area contributed by atoms with E-state index in [1.807, 2.05) is 19.1 Å². The number of nitrogens with zero attached hydrogens (tertiary/aromatic N) is 1. The quantitative estimate of drug-likeness (QED) is 0.866. The fourth-order valence-corrected chi connectivity index (χ4v) is 3.93. The van der Waals surface area contributed by atoms with E-state index >= 15 is 0 Å². The molecule has 0 aromatic carbocycles. The Labute approximate surface area is 103 Å². The van der Waals surface area contributed by atoms with E-state index in [0.29, 0.717) is 0 Å². The average Bonchev–Trinajstić information content (AvgIpc) is 2.91. The second-order valence-corrected chi connectivity index (χ2v) is 5.86. The van der Waals surface area contributed by atoms with Gasteiger partial charge in [-0.2, -0.15) is 0 Å². The van der Waals surface area contributed by atoms with E-state index in [1.54, 1.807) is 6.20 Å². The predicted octanol–water partition coefficient (Wildman–Crippen LogP) is 3.25. The molecule has 4 unspecified atom stereocenters. The van der Waals surface area contributed by atoms with Crippen molar-refractivity contribution in [1.82, 2.24) is 4.98 Å². The summed E-state index contributed by atoms with van der Waals surface area (Å²) in [5, 5.41) is 10.3. The number of hydrogen-bond donors (Lipinski definition) is 1. The first-order chi connectivity index (χ1) is 8.24. The summed E-state index contributed by atoms with van der Waals surface area (Å²) >= 11 is 0. The first-order valence-electron chi connectivity index (χ1n) is 6.83. The van der Waals surface area contributed by atoms with Crippen LogP contribution in [0.1, 0.15) is 49.5 Å². The van der Waals surface area contributed by atoms with E-state index in [4.69, 9.17) is 0 Å². The van der Waals surface area contributed by atoms with Crippen molar-refractivity contribution < 1.29 is 5.11 Å². The molecule has 0 radical (unpaired) electrons. The van der Waals surface area contributed by atoms with Gasteiger partial charge in [0.1, 0.15) is 0 Å². The second-order valence-electron chi connectivity index (χ2n) is 5.86. The van der Waals surface area contributed by atoms with Crippen LogP contribution in [0, 0.1) is 24.7 Å². The van der Waals surface area contributed by atoms with Crippen molar-refractivity contribution in [3.8, 4) is 0 Å². The highest BCUT2D eigenvalue weighted by Crippen LogP contribution is 2.50. The number of hydrogen-bond acceptors (Lipinski definition) is 2. The number of aliphatic hydroxyl groups excluding tert-OH is 1. The Morgan fingerprint density at radius 1 is 1.41 bits per heavy atom. The lowest BCUT2D eigenvalue weighted by Gasteiger charge is -2.24. The molecule has 1 N–H and O–H groups in total. The standard InChI is InChI=1S/C15H21NO/c1-10-14(3-2-6-16-10)15(17)9-13-8-11-4-5-12(13)7-11/h2-3,6,11-13,15,17H,4-5,7-9H2,1H3. The summed E-state index contributed by atoms with van der Waals surface area (Å²) < 4.78 is 0. The number of aromatic nitrogens is 1. The zero-order chi connectivity index (χ0) is 11.8. The summed E-state index contributed by atoms with van der Waals surface area (Å²) in [7, 11) is 0. The molecule has 1 aromatic rings. The Balaban J connectivity index is 1.68. The zero-order valence-corrected chi connectivity index (χ0v) is 10.5. The Hall–Kier alpha value is -0.890. The SMILES string of the molecule is Cc1ncccc1C(O)CC1CC2CCC1C2. The van der Waals surface area contributed by atoms with Gasteiger partial charge in [-0.05, 0) is 56.4 Å². The summed E-state index contributed by atoms with van der Waals surface area (Å²) in [4.78, 5) is 4.26. The molecular formula is C15H21NO. The molecule has 92 valence electrons. The van der Waals surface area contributed by atoms with E-state index in [0.717, 1.165) is 35.4 Å². The minimum atomic E-state index is -0.312. The fourth-order valence-electron chi connectivity index (χ4n) is 3.93. The molecule has 1 heterocycles. The molecule has 4 atom stereocenters. The van der Waals surface area contributed by atoms with Crippen LogP contribution < -0.4 is 0 Å². The summed E-state index contributed by atoms with van der Waals surface area (Å²) in [5.41, 5.74) is 2.00. The maximum absolute atomic E-state index is 10.3. The van der Waals surface area contributed by atoms with Gasteiger partial charge < -0.3 is 5.11 Å². The van der Waals surface area contributed by atoms with Gasteiger partial charge in [0.05, 0.1) is 6.10 Å². The van der Waals surface area contributed by atoms with Crippen LogP contribution in [0.2, 0.25) is 0 Å². The third-order valence-electron chi connectivity index (χ3n) is 4.82. The van der Waals surface area contributed by atoms with Crippen LogP contribution in [0.15, 0.2) is 18.3 Å². The number of aryl methyl sites for hydroxylation is 1. The van der Waals surface area contributed by atoms with Gasteiger partial charge in [-0.25, -0.2) is 0 Å². The molecule has 3 rings (SSSR count). The molecule has 0 spiro atoms. The molecule has 0 amide bonds. The maximum atomic E-state index is 10.3. The van der Waals surface area contributed by atoms with Crippen LogP contribution >= 0.6 is 0 Å². The molecule has 2 aliphatic rings. The maximum Gasteiger partial charge on any atom is 0.0810 e. The fraction of sp³-hybridized carbons (Fsp3) is 0.667. The van der Waals surface area contributed by atoms with E-state index < -0.39 is 0 Å². The molecule has 2 saturated carbocycles. The van der Waals surface area contributed by atoms with Crippen LogP contribution in [-0.4, -0.2) is 10.1 Å². The van der Waals surface area contributed by atoms with Gasteiger partial charge in [0.25, 0.3) is 0 Å². The average molecular weight is 231 g/mol. The van der Waals surface area contributed by atoms with Crippen molar-refractivity contribution in [1.29, 1.82) is 0 Å². The summed E-state index contributed by atoms with van der Waals surface area (Å²) in [6, 6.07) is 3.94. The van der Waals surface area contributed by atoms with Gasteiger partial charge in [-0.3, -0.25) is 4.98 Å². The Kier molecular flexibility index (Phi) is 2.91. The van der Waals surface area contributed by atoms with Gasteiger partial charge in [0.2, 0.25) is 0 Å². The van der Waals surface area contributed by atoms with Crippen LogP contribution in [0.4, 0.5) is 0 Å². The number of pyridine rings is 1. The zero-order valence-electron chi connectivity index (χ0n) is 10.5. The van der Waals surface area contributed by atoms with E-state index in [1.165, 1.54) is 25.7 Å². The Morgan fingerprint density at radius 3 is 2.94 bits per heavy atom. The Morgan fingerprint density at radius 2 is 2.29 bits per heavy atom. The lowest BCUT2D eigenvalue weighted by Crippen LogP contribution is -2.15. The predicted molar refractivity (Wildman–Crippen MR) is 67.5 cm³/mol. The van der Waals surface area contributed by atoms with Crippen molar-refractivity contribution in [2.24, 2.45) is 17.8 Å². The lowest BCUT2D eigenvalue weighted by molar-refractivity contribution is 0.124. The molecule has 2 nitrogen and oxygen atoms in total. The van der Waals surface area contributed by atoms with Gasteiger partial charge >= 0.3 is 0 Å². The van der Waals surface area contributed by atoms with Crippen molar-refractivity contribution >= 4 is 0 Å². The number of aliphatic hydroxyl groups is 1. The largest absolute Gasteiger partial charge is 0.388 e. The first kappa shape index (κ1) is 11.2. The monoisotopic (exact) mass is 231 g/mol. The van der Waals surface area contributed by atoms with Crippen LogP contribution in [-0.2, 0) is 0 Å². The van der Waals surface area contributed by atoms with Crippen molar-refractivity contribution in [2.45, 2.75) is 45.1 Å². The normalized spacial score (nSPS) is 32.9. The molecule has 2 heteroatoms. The highest BCUT2D eigenvalue weighted by atomic mass is 16.3. The molecule has 2 aliphatic carbocycles. The molecule has 2 fully saturated rings. The first-order valence-corrected chi connectivity index (χ1v) is 6.83. The molecule has 17 heavy (non-hydrogen) atoms. The molecule has 1 aromatic heterocycles. The molecule has 0 saturated heterocycles. The van der Waals surface area contributed by atoms with E-state index in [9.17, 15) is 5.11 Å². The number of fused-ring (bicyclic) bond motifs is 2. The summed E-state index contributed by atoms with van der Waals surface area (Å²) in [5.74, 6) is 2.61. The van der Waals surface area contributed by atoms with E-state index in [2.05, 4.69) is 4.98 Å². The molecule has 0 aliphatic heterocycles. The van der Waals surface area contributed by atoms with Gasteiger partial charge in [-0.15, -0.1) is 0 Å². The van der Waals surface area contributed by atoms with Crippen LogP contribution in [0.3, 0.4) is 0 Å². The van der Waals surface area contributed by atoms with Gasteiger partial charge in [0.15, 0.2) is 0 Å². The summed E-state index contributed by atoms with van der Waals surface area (Å²) in [6.07, 6.45) is 8.02. The molecular weight excluding hydrogens is 210 g/mol. The second kappa shape index (κ2) is 4.41. The Bertz CT molecular complexity index is 404. The third-order valence-corrected chi connectivity index (χ3v) is 4.82. The third kappa shape index (κ3) is 2.11. The van der Waals surface area contributed by atoms with E-state index in [-0.39, 0.29) is 6.10 Å². The van der Waals surface area contributed by atoms with Crippen molar-refractivity contribution in [3.63, 3.8) is 0 Å². The minimum Gasteiger partial charge on any atom is -0.388 e. The summed E-state index contributed by atoms with van der Waals surface area (Å²) in [6.45, 7) is 1.99. The van der Waals surface area contributed by atoms with Crippen LogP contribution in [0.5, 0.6) is 0 Å².